The van der Waals surface area contributed by atoms with Crippen LogP contribution < -0.4 is 31.5 Å². The number of hydrogen-bond donors (Lipinski definition) is 3. The average Bonchev–Trinajstić information content (AvgIpc) is 3.50. The van der Waals surface area contributed by atoms with Gasteiger partial charge in [-0.15, -0.1) is 0 Å². The van der Waals surface area contributed by atoms with E-state index < -0.39 is 11.5 Å². The molecule has 0 bridgehead atoms. The number of amides is 1. The van der Waals surface area contributed by atoms with Crippen molar-refractivity contribution in [1.82, 2.24) is 10.2 Å². The number of carbonyl (C=O) groups is 1. The SMILES string of the molecule is CN(C)C(=O)[C@@H]1N[C@H](CC(C)(C)C)[C@]2(C(O)=[NH+]c3cc(Cl)ccc32)[C@H]1c1cccc(C2=C[I-]2)c1. The summed E-state index contributed by atoms with van der Waals surface area (Å²) in [4.78, 5) is 18.5. The molecule has 5 nitrogen and oxygen atoms in total. The van der Waals surface area contributed by atoms with E-state index in [1.165, 1.54) is 9.14 Å². The predicted octanol–water partition coefficient (Wildman–Crippen LogP) is 0.310. The summed E-state index contributed by atoms with van der Waals surface area (Å²) in [5, 5.41) is 16.0. The number of nitrogens with one attached hydrogen (secondary N) is 2. The van der Waals surface area contributed by atoms with E-state index in [0.717, 1.165) is 23.2 Å². The number of carbonyl (C=O) groups excluding carboxylic acids is 1. The monoisotopic (exact) mass is 591 g/mol. The van der Waals surface area contributed by atoms with Crippen molar-refractivity contribution in [3.8, 4) is 0 Å². The van der Waals surface area contributed by atoms with Crippen LogP contribution in [0.25, 0.3) is 3.58 Å². The van der Waals surface area contributed by atoms with E-state index >= 15 is 0 Å². The third-order valence-electron chi connectivity index (χ3n) is 7.09. The van der Waals surface area contributed by atoms with Crippen molar-refractivity contribution < 1.29 is 36.1 Å². The molecule has 2 aromatic carbocycles. The van der Waals surface area contributed by atoms with Crippen LogP contribution in [0, 0.1) is 5.41 Å². The van der Waals surface area contributed by atoms with Gasteiger partial charge >= 0.3 is 217 Å². The first kappa shape index (κ1) is 23.8. The molecule has 0 unspecified atom stereocenters. The standard InChI is InChI=1S/C27H30ClIN3O2/c1-26(2,3)13-21-27(18-10-9-17(28)12-20(18)30-25(27)34)22(23(31-21)24(33)32(4)5)16-8-6-7-15(11-16)19-14-29-19/h6-12,14,21-23,31H,13H2,1-5H3,(H,30,34)/q-1/p+1/t21-,22+,23-,27+/m1/s1. The molecule has 1 fully saturated rings. The molecule has 7 heteroatoms. The minimum atomic E-state index is -0.810. The van der Waals surface area contributed by atoms with Crippen LogP contribution in [0.1, 0.15) is 49.8 Å². The van der Waals surface area contributed by atoms with Crippen LogP contribution in [-0.4, -0.2) is 48.0 Å². The van der Waals surface area contributed by atoms with E-state index in [1.807, 2.05) is 18.2 Å². The molecule has 3 aliphatic rings. The second kappa shape index (κ2) is 8.35. The van der Waals surface area contributed by atoms with Gasteiger partial charge in [-0.3, -0.25) is 0 Å². The Morgan fingerprint density at radius 2 is 1.97 bits per heavy atom. The maximum atomic E-state index is 13.6. The van der Waals surface area contributed by atoms with Gasteiger partial charge in [-0.25, -0.2) is 0 Å². The molecular formula is C27H31ClIN3O2. The van der Waals surface area contributed by atoms with Gasteiger partial charge in [0.25, 0.3) is 0 Å². The van der Waals surface area contributed by atoms with Gasteiger partial charge in [0.2, 0.25) is 0 Å². The van der Waals surface area contributed by atoms with Gasteiger partial charge in [0.1, 0.15) is 0 Å². The Morgan fingerprint density at radius 3 is 2.62 bits per heavy atom. The molecular weight excluding hydrogens is 561 g/mol. The number of halogens is 2. The summed E-state index contributed by atoms with van der Waals surface area (Å²) < 4.78 is 3.76. The Morgan fingerprint density at radius 1 is 1.24 bits per heavy atom. The first-order valence-corrected chi connectivity index (χ1v) is 14.3. The van der Waals surface area contributed by atoms with Gasteiger partial charge in [0.05, 0.1) is 0 Å². The molecule has 0 radical (unpaired) electrons. The number of rotatable bonds is 4. The van der Waals surface area contributed by atoms with E-state index in [4.69, 9.17) is 11.6 Å². The van der Waals surface area contributed by atoms with Gasteiger partial charge in [-0.05, 0) is 0 Å². The Labute approximate surface area is 216 Å². The fourth-order valence-electron chi connectivity index (χ4n) is 5.74. The summed E-state index contributed by atoms with van der Waals surface area (Å²) in [6.07, 6.45) is 0.783. The van der Waals surface area contributed by atoms with Crippen LogP contribution in [0.3, 0.4) is 0 Å². The molecule has 2 aromatic rings. The van der Waals surface area contributed by atoms with Crippen molar-refractivity contribution in [3.05, 3.63) is 68.3 Å². The number of aliphatic hydroxyl groups excluding tert-OH is 1. The van der Waals surface area contributed by atoms with Crippen molar-refractivity contribution >= 4 is 32.7 Å². The van der Waals surface area contributed by atoms with E-state index in [-0.39, 0.29) is 50.4 Å². The van der Waals surface area contributed by atoms with Crippen LogP contribution in [0.2, 0.25) is 5.02 Å². The fourth-order valence-corrected chi connectivity index (χ4v) is 7.13. The van der Waals surface area contributed by atoms with Gasteiger partial charge < -0.3 is 0 Å². The molecule has 3 N–H and O–H groups in total. The van der Waals surface area contributed by atoms with Crippen LogP contribution >= 0.6 is 11.6 Å². The van der Waals surface area contributed by atoms with E-state index in [1.54, 1.807) is 19.0 Å². The zero-order valence-corrected chi connectivity index (χ0v) is 23.0. The fraction of sp³-hybridized carbons (Fsp3) is 0.407. The van der Waals surface area contributed by atoms with Crippen molar-refractivity contribution in [2.45, 2.75) is 50.6 Å². The molecule has 3 aliphatic heterocycles. The van der Waals surface area contributed by atoms with E-state index in [2.05, 4.69) is 59.4 Å². The molecule has 1 spiro atoms. The van der Waals surface area contributed by atoms with Crippen LogP contribution in [0.5, 0.6) is 0 Å². The van der Waals surface area contributed by atoms with Gasteiger partial charge in [-0.2, -0.15) is 0 Å². The summed E-state index contributed by atoms with van der Waals surface area (Å²) in [5.74, 6) is -0.0873. The zero-order chi connectivity index (χ0) is 24.4. The topological polar surface area (TPSA) is 66.5 Å². The summed E-state index contributed by atoms with van der Waals surface area (Å²) in [5.41, 5.74) is 3.26. The quantitative estimate of drug-likeness (QED) is 0.449. The second-order valence-electron chi connectivity index (χ2n) is 10.9. The Bertz CT molecular complexity index is 1230. The molecule has 5 rings (SSSR count). The molecule has 3 heterocycles. The van der Waals surface area contributed by atoms with Crippen molar-refractivity contribution in [2.75, 3.05) is 14.1 Å². The first-order chi connectivity index (χ1) is 16.0. The molecule has 0 aromatic heterocycles. The molecule has 180 valence electrons. The third-order valence-corrected chi connectivity index (χ3v) is 9.19. The minimum absolute atomic E-state index is 0.0134. The Hall–Kier alpha value is -1.90. The maximum absolute atomic E-state index is 13.6. The normalized spacial score (nSPS) is 27.6. The summed E-state index contributed by atoms with van der Waals surface area (Å²) >= 11 is 6.39. The number of likely N-dealkylation sites (N-methyl/N-ethyl adjacent to an activating group) is 1. The van der Waals surface area contributed by atoms with Crippen molar-refractivity contribution in [2.24, 2.45) is 5.41 Å². The number of hydrogen-bond acceptors (Lipinski definition) is 2. The number of benzene rings is 2. The second-order valence-corrected chi connectivity index (χ2v) is 13.7. The van der Waals surface area contributed by atoms with Crippen LogP contribution in [0.4, 0.5) is 5.69 Å². The average molecular weight is 592 g/mol. The third kappa shape index (κ3) is 3.88. The summed E-state index contributed by atoms with van der Waals surface area (Å²) in [6.45, 7) is 6.60. The van der Waals surface area contributed by atoms with Crippen molar-refractivity contribution in [1.29, 1.82) is 0 Å². The van der Waals surface area contributed by atoms with Crippen molar-refractivity contribution in [3.63, 3.8) is 0 Å². The molecule has 0 aliphatic carbocycles. The first-order valence-electron chi connectivity index (χ1n) is 11.6. The predicted molar refractivity (Wildman–Crippen MR) is 132 cm³/mol. The summed E-state index contributed by atoms with van der Waals surface area (Å²) in [6, 6.07) is 13.7. The van der Waals surface area contributed by atoms with Gasteiger partial charge in [0.15, 0.2) is 0 Å². The molecule has 1 saturated heterocycles. The molecule has 4 atom stereocenters. The Balaban J connectivity index is 1.77. The van der Waals surface area contributed by atoms with E-state index in [0.29, 0.717) is 5.02 Å². The molecule has 1 amide bonds. The van der Waals surface area contributed by atoms with Crippen LogP contribution in [-0.2, 0) is 10.2 Å². The van der Waals surface area contributed by atoms with Gasteiger partial charge in [-0.1, -0.05) is 0 Å². The Kier molecular flexibility index (Phi) is 5.85. The summed E-state index contributed by atoms with van der Waals surface area (Å²) in [7, 11) is 3.59. The van der Waals surface area contributed by atoms with Crippen LogP contribution in [0.15, 0.2) is 46.5 Å². The number of nitrogens with zero attached hydrogens (tertiary/aromatic N) is 1. The zero-order valence-electron chi connectivity index (χ0n) is 20.1. The number of fused-ring (bicyclic) bond motifs is 2. The number of aliphatic hydroxyl groups is 1. The van der Waals surface area contributed by atoms with Gasteiger partial charge in [0, 0.05) is 0 Å². The molecule has 0 saturated carbocycles. The van der Waals surface area contributed by atoms with E-state index in [9.17, 15) is 9.90 Å². The molecule has 34 heavy (non-hydrogen) atoms.